The minimum absolute atomic E-state index is 0.542. The summed E-state index contributed by atoms with van der Waals surface area (Å²) in [4.78, 5) is 0. The van der Waals surface area contributed by atoms with Gasteiger partial charge in [0.2, 0.25) is 0 Å². The Morgan fingerprint density at radius 1 is 0.969 bits per heavy atom. The largest absolute Gasteiger partial charge is 0.457 e. The fourth-order valence-electron chi connectivity index (χ4n) is 3.99. The van der Waals surface area contributed by atoms with Gasteiger partial charge in [-0.05, 0) is 59.5 Å². The summed E-state index contributed by atoms with van der Waals surface area (Å²) in [5.41, 5.74) is 5.73. The van der Waals surface area contributed by atoms with Crippen molar-refractivity contribution in [3.05, 3.63) is 95.6 Å². The van der Waals surface area contributed by atoms with Crippen LogP contribution in [0.1, 0.15) is 23.6 Å². The molecule has 0 radical (unpaired) electrons. The van der Waals surface area contributed by atoms with Crippen LogP contribution in [-0.2, 0) is 6.42 Å². The van der Waals surface area contributed by atoms with Crippen LogP contribution in [0.4, 0.5) is 5.82 Å². The number of hydrogen-bond acceptors (Lipinski definition) is 4. The molecule has 1 aromatic heterocycles. The second kappa shape index (κ2) is 8.44. The van der Waals surface area contributed by atoms with Crippen molar-refractivity contribution in [1.29, 1.82) is 5.26 Å². The van der Waals surface area contributed by atoms with Crippen LogP contribution < -0.4 is 10.1 Å². The van der Waals surface area contributed by atoms with Gasteiger partial charge in [0.25, 0.3) is 0 Å². The Kier molecular flexibility index (Phi) is 5.19. The molecule has 0 aliphatic carbocycles. The molecule has 0 saturated carbocycles. The molecule has 156 valence electrons. The Bertz CT molecular complexity index is 1330. The molecule has 2 heterocycles. The fraction of sp³-hybridized carbons (Fsp3) is 0.111. The lowest BCUT2D eigenvalue weighted by Gasteiger charge is -2.19. The highest BCUT2D eigenvalue weighted by Crippen LogP contribution is 2.34. The maximum atomic E-state index is 9.85. The number of benzene rings is 3. The maximum absolute atomic E-state index is 9.85. The van der Waals surface area contributed by atoms with Crippen molar-refractivity contribution >= 4 is 17.6 Å². The zero-order chi connectivity index (χ0) is 21.9. The van der Waals surface area contributed by atoms with Crippen molar-refractivity contribution in [2.45, 2.75) is 13.3 Å². The number of nitrogens with zero attached hydrogens (tertiary/aromatic N) is 3. The zero-order valence-electron chi connectivity index (χ0n) is 17.7. The molecule has 5 rings (SSSR count). The van der Waals surface area contributed by atoms with Gasteiger partial charge in [-0.25, -0.2) is 4.68 Å². The Hall–Kier alpha value is -4.30. The third-order valence-electron chi connectivity index (χ3n) is 5.60. The van der Waals surface area contributed by atoms with Gasteiger partial charge in [-0.2, -0.15) is 10.4 Å². The quantitative estimate of drug-likeness (QED) is 0.419. The SMILES string of the molecule is CCc1ccccc1C1=Cn2nc(-c3ccc(Oc4ccccc4)cc3)c(C#N)c2NC1. The molecule has 5 heteroatoms. The molecule has 0 bridgehead atoms. The third kappa shape index (κ3) is 3.63. The first-order chi connectivity index (χ1) is 15.8. The number of nitriles is 1. The van der Waals surface area contributed by atoms with Gasteiger partial charge in [0.1, 0.15) is 34.6 Å². The van der Waals surface area contributed by atoms with Gasteiger partial charge in [-0.15, -0.1) is 0 Å². The second-order valence-corrected chi connectivity index (χ2v) is 7.59. The number of hydrogen-bond donors (Lipinski definition) is 1. The topological polar surface area (TPSA) is 62.9 Å². The summed E-state index contributed by atoms with van der Waals surface area (Å²) in [6.07, 6.45) is 2.99. The molecular weight excluding hydrogens is 396 g/mol. The van der Waals surface area contributed by atoms with E-state index in [4.69, 9.17) is 9.84 Å². The first-order valence-electron chi connectivity index (χ1n) is 10.7. The van der Waals surface area contributed by atoms with Crippen molar-refractivity contribution in [2.24, 2.45) is 0 Å². The normalized spacial score (nSPS) is 12.3. The number of rotatable bonds is 5. The van der Waals surface area contributed by atoms with E-state index in [1.807, 2.05) is 60.8 Å². The summed E-state index contributed by atoms with van der Waals surface area (Å²) in [6, 6.07) is 28.1. The van der Waals surface area contributed by atoms with Crippen molar-refractivity contribution in [3.63, 3.8) is 0 Å². The van der Waals surface area contributed by atoms with Crippen LogP contribution in [0.15, 0.2) is 78.9 Å². The lowest BCUT2D eigenvalue weighted by Crippen LogP contribution is -2.15. The number of aryl methyl sites for hydroxylation is 1. The smallest absolute Gasteiger partial charge is 0.148 e. The van der Waals surface area contributed by atoms with Gasteiger partial charge < -0.3 is 10.1 Å². The van der Waals surface area contributed by atoms with E-state index in [1.54, 1.807) is 4.68 Å². The summed E-state index contributed by atoms with van der Waals surface area (Å²) < 4.78 is 7.66. The lowest BCUT2D eigenvalue weighted by atomic mass is 9.98. The number of aromatic nitrogens is 2. The average molecular weight is 419 g/mol. The van der Waals surface area contributed by atoms with Gasteiger partial charge in [0, 0.05) is 18.3 Å². The van der Waals surface area contributed by atoms with Crippen molar-refractivity contribution in [2.75, 3.05) is 11.9 Å². The van der Waals surface area contributed by atoms with Crippen molar-refractivity contribution in [1.82, 2.24) is 9.78 Å². The van der Waals surface area contributed by atoms with Crippen LogP contribution in [0.2, 0.25) is 0 Å². The molecule has 0 atom stereocenters. The minimum Gasteiger partial charge on any atom is -0.457 e. The minimum atomic E-state index is 0.542. The first kappa shape index (κ1) is 19.7. The number of fused-ring (bicyclic) bond motifs is 1. The standard InChI is InChI=1S/C27H22N4O/c1-2-19-8-6-7-11-24(19)21-17-29-27-25(16-28)26(30-31(27)18-21)20-12-14-23(15-13-20)32-22-9-4-3-5-10-22/h3-15,18,29H,2,17H2,1H3. The summed E-state index contributed by atoms with van der Waals surface area (Å²) in [7, 11) is 0. The van der Waals surface area contributed by atoms with Crippen LogP contribution in [-0.4, -0.2) is 16.3 Å². The number of nitrogens with one attached hydrogen (secondary N) is 1. The molecule has 1 N–H and O–H groups in total. The van der Waals surface area contributed by atoms with E-state index in [9.17, 15) is 5.26 Å². The highest BCUT2D eigenvalue weighted by Gasteiger charge is 2.22. The molecule has 4 aromatic rings. The van der Waals surface area contributed by atoms with Crippen LogP contribution in [0.25, 0.3) is 23.0 Å². The Balaban J connectivity index is 1.48. The molecule has 1 aliphatic heterocycles. The lowest BCUT2D eigenvalue weighted by molar-refractivity contribution is 0.483. The van der Waals surface area contributed by atoms with Crippen LogP contribution in [0.3, 0.4) is 0 Å². The van der Waals surface area contributed by atoms with E-state index in [2.05, 4.69) is 42.6 Å². The zero-order valence-corrected chi connectivity index (χ0v) is 17.7. The maximum Gasteiger partial charge on any atom is 0.148 e. The molecule has 1 aliphatic rings. The highest BCUT2D eigenvalue weighted by molar-refractivity contribution is 5.86. The van der Waals surface area contributed by atoms with Gasteiger partial charge >= 0.3 is 0 Å². The molecule has 5 nitrogen and oxygen atoms in total. The van der Waals surface area contributed by atoms with Crippen molar-refractivity contribution in [3.8, 4) is 28.8 Å². The molecular formula is C27H22N4O. The molecule has 0 unspecified atom stereocenters. The van der Waals surface area contributed by atoms with E-state index in [1.165, 1.54) is 11.1 Å². The summed E-state index contributed by atoms with van der Waals surface area (Å²) in [5.74, 6) is 2.24. The number of para-hydroxylation sites is 1. The highest BCUT2D eigenvalue weighted by atomic mass is 16.5. The number of ether oxygens (including phenoxy) is 1. The van der Waals surface area contributed by atoms with Crippen LogP contribution in [0.5, 0.6) is 11.5 Å². The molecule has 0 amide bonds. The monoisotopic (exact) mass is 418 g/mol. The van der Waals surface area contributed by atoms with Gasteiger partial charge in [0.05, 0.1) is 0 Å². The van der Waals surface area contributed by atoms with E-state index in [0.717, 1.165) is 34.9 Å². The number of anilines is 1. The van der Waals surface area contributed by atoms with E-state index in [0.29, 0.717) is 17.8 Å². The van der Waals surface area contributed by atoms with E-state index in [-0.39, 0.29) is 0 Å². The van der Waals surface area contributed by atoms with E-state index >= 15 is 0 Å². The fourth-order valence-corrected chi connectivity index (χ4v) is 3.99. The van der Waals surface area contributed by atoms with Gasteiger partial charge in [-0.1, -0.05) is 49.4 Å². The van der Waals surface area contributed by atoms with Gasteiger partial charge in [-0.3, -0.25) is 0 Å². The predicted octanol–water partition coefficient (Wildman–Crippen LogP) is 6.20. The molecule has 0 spiro atoms. The van der Waals surface area contributed by atoms with E-state index < -0.39 is 0 Å². The molecule has 0 saturated heterocycles. The summed E-state index contributed by atoms with van der Waals surface area (Å²) in [5, 5.41) is 18.0. The Labute approximate surface area is 187 Å². The van der Waals surface area contributed by atoms with Crippen LogP contribution >= 0.6 is 0 Å². The van der Waals surface area contributed by atoms with Gasteiger partial charge in [0.15, 0.2) is 0 Å². The third-order valence-corrected chi connectivity index (χ3v) is 5.60. The Morgan fingerprint density at radius 2 is 1.69 bits per heavy atom. The van der Waals surface area contributed by atoms with Crippen LogP contribution in [0, 0.1) is 11.3 Å². The average Bonchev–Trinajstić information content (AvgIpc) is 3.23. The summed E-state index contributed by atoms with van der Waals surface area (Å²) >= 11 is 0. The van der Waals surface area contributed by atoms with Crippen molar-refractivity contribution < 1.29 is 4.74 Å². The first-order valence-corrected chi connectivity index (χ1v) is 10.7. The Morgan fingerprint density at radius 3 is 2.44 bits per heavy atom. The summed E-state index contributed by atoms with van der Waals surface area (Å²) in [6.45, 7) is 2.81. The molecule has 3 aromatic carbocycles. The molecule has 32 heavy (non-hydrogen) atoms. The predicted molar refractivity (Wildman–Crippen MR) is 127 cm³/mol. The second-order valence-electron chi connectivity index (χ2n) is 7.59. The molecule has 0 fully saturated rings.